The van der Waals surface area contributed by atoms with Crippen LogP contribution in [0.4, 0.5) is 4.39 Å². The van der Waals surface area contributed by atoms with Gasteiger partial charge in [0.1, 0.15) is 40.6 Å². The van der Waals surface area contributed by atoms with E-state index in [0.717, 1.165) is 6.07 Å². The van der Waals surface area contributed by atoms with Gasteiger partial charge in [0.05, 0.1) is 10.0 Å². The minimum absolute atomic E-state index is 0.0770. The van der Waals surface area contributed by atoms with Gasteiger partial charge >= 0.3 is 0 Å². The SMILES string of the molecule is N#Cc1c(F)cc(Oc2cc(Cl)ccc2Cl)c(Oc2cc(Cl)ccc2Cl)c1C#N. The standard InChI is InChI=1S/C20H7Cl4FN2O2/c21-10-1-3-14(23)17(5-10)28-19-7-16(25)12(8-26)13(9-27)20(19)29-18-6-11(22)2-4-15(18)24/h1-7H. The molecular weight excluding hydrogens is 461 g/mol. The van der Waals surface area contributed by atoms with Crippen molar-refractivity contribution in [1.29, 1.82) is 10.5 Å². The van der Waals surface area contributed by atoms with Crippen LogP contribution in [0.15, 0.2) is 42.5 Å². The predicted octanol–water partition coefficient (Wildman–Crippen LogP) is 7.77. The third kappa shape index (κ3) is 4.50. The molecule has 29 heavy (non-hydrogen) atoms. The Balaban J connectivity index is 2.21. The van der Waals surface area contributed by atoms with Crippen molar-refractivity contribution in [3.05, 3.63) is 79.5 Å². The quantitative estimate of drug-likeness (QED) is 0.393. The lowest BCUT2D eigenvalue weighted by Gasteiger charge is -2.16. The molecule has 0 bridgehead atoms. The number of rotatable bonds is 4. The fourth-order valence-electron chi connectivity index (χ4n) is 2.34. The Hall–Kier alpha value is -2.67. The first-order valence-electron chi connectivity index (χ1n) is 7.76. The molecule has 3 aromatic carbocycles. The molecule has 144 valence electrons. The lowest BCUT2D eigenvalue weighted by atomic mass is 10.1. The maximum atomic E-state index is 14.4. The number of nitrogens with zero attached hydrogens (tertiary/aromatic N) is 2. The van der Waals surface area contributed by atoms with E-state index in [1.807, 2.05) is 0 Å². The summed E-state index contributed by atoms with van der Waals surface area (Å²) in [5, 5.41) is 19.8. The minimum Gasteiger partial charge on any atom is -0.452 e. The normalized spacial score (nSPS) is 10.2. The van der Waals surface area contributed by atoms with Crippen molar-refractivity contribution in [1.82, 2.24) is 0 Å². The van der Waals surface area contributed by atoms with Crippen LogP contribution in [0.5, 0.6) is 23.0 Å². The molecule has 0 aliphatic heterocycles. The van der Waals surface area contributed by atoms with Gasteiger partial charge in [0.2, 0.25) is 0 Å². The maximum Gasteiger partial charge on any atom is 0.189 e. The topological polar surface area (TPSA) is 66.0 Å². The van der Waals surface area contributed by atoms with E-state index in [1.54, 1.807) is 18.2 Å². The van der Waals surface area contributed by atoms with E-state index in [1.165, 1.54) is 30.3 Å². The van der Waals surface area contributed by atoms with E-state index in [2.05, 4.69) is 0 Å². The summed E-state index contributed by atoms with van der Waals surface area (Å²) in [4.78, 5) is 0. The fraction of sp³-hybridized carbons (Fsp3) is 0. The van der Waals surface area contributed by atoms with Crippen LogP contribution in [-0.4, -0.2) is 0 Å². The van der Waals surface area contributed by atoms with Crippen molar-refractivity contribution in [2.45, 2.75) is 0 Å². The molecule has 0 amide bonds. The lowest BCUT2D eigenvalue weighted by Crippen LogP contribution is -2.00. The van der Waals surface area contributed by atoms with Crippen LogP contribution in [0.3, 0.4) is 0 Å². The van der Waals surface area contributed by atoms with Crippen LogP contribution < -0.4 is 9.47 Å². The van der Waals surface area contributed by atoms with E-state index in [-0.39, 0.29) is 38.6 Å². The van der Waals surface area contributed by atoms with Gasteiger partial charge in [-0.15, -0.1) is 0 Å². The summed E-state index contributed by atoms with van der Waals surface area (Å²) in [6.07, 6.45) is 0. The highest BCUT2D eigenvalue weighted by Crippen LogP contribution is 2.44. The highest BCUT2D eigenvalue weighted by atomic mass is 35.5. The van der Waals surface area contributed by atoms with Gasteiger partial charge in [0.15, 0.2) is 11.5 Å². The van der Waals surface area contributed by atoms with E-state index >= 15 is 0 Å². The third-order valence-electron chi connectivity index (χ3n) is 3.64. The molecule has 0 saturated carbocycles. The second-order valence-electron chi connectivity index (χ2n) is 5.51. The first kappa shape index (κ1) is 21.0. The second kappa shape index (κ2) is 8.78. The predicted molar refractivity (Wildman–Crippen MR) is 109 cm³/mol. The zero-order valence-electron chi connectivity index (χ0n) is 14.1. The average Bonchev–Trinajstić information content (AvgIpc) is 2.68. The molecular formula is C20H7Cl4FN2O2. The molecule has 9 heteroatoms. The minimum atomic E-state index is -0.971. The van der Waals surface area contributed by atoms with E-state index in [0.29, 0.717) is 10.0 Å². The summed E-state index contributed by atoms with van der Waals surface area (Å²) in [6, 6.07) is 13.2. The van der Waals surface area contributed by atoms with Crippen molar-refractivity contribution in [3.63, 3.8) is 0 Å². The van der Waals surface area contributed by atoms with Gasteiger partial charge in [-0.1, -0.05) is 46.4 Å². The first-order valence-corrected chi connectivity index (χ1v) is 9.27. The van der Waals surface area contributed by atoms with Crippen molar-refractivity contribution in [2.75, 3.05) is 0 Å². The lowest BCUT2D eigenvalue weighted by molar-refractivity contribution is 0.413. The number of benzene rings is 3. The molecule has 0 atom stereocenters. The molecule has 3 aromatic rings. The molecule has 0 heterocycles. The molecule has 3 rings (SSSR count). The number of hydrogen-bond acceptors (Lipinski definition) is 4. The Labute approximate surface area is 185 Å². The Morgan fingerprint density at radius 1 is 0.690 bits per heavy atom. The van der Waals surface area contributed by atoms with Crippen LogP contribution in [0.2, 0.25) is 20.1 Å². The Kier molecular flexibility index (Phi) is 6.37. The van der Waals surface area contributed by atoms with Gasteiger partial charge in [-0.05, 0) is 24.3 Å². The smallest absolute Gasteiger partial charge is 0.189 e. The molecule has 4 nitrogen and oxygen atoms in total. The van der Waals surface area contributed by atoms with Crippen molar-refractivity contribution in [3.8, 4) is 35.1 Å². The number of hydrogen-bond donors (Lipinski definition) is 0. The molecule has 0 aliphatic carbocycles. The fourth-order valence-corrected chi connectivity index (χ4v) is 2.98. The largest absolute Gasteiger partial charge is 0.452 e. The van der Waals surface area contributed by atoms with Gasteiger partial charge in [-0.3, -0.25) is 0 Å². The molecule has 0 aliphatic rings. The van der Waals surface area contributed by atoms with Crippen molar-refractivity contribution >= 4 is 46.4 Å². The summed E-state index contributed by atoms with van der Waals surface area (Å²) >= 11 is 24.1. The summed E-state index contributed by atoms with van der Waals surface area (Å²) in [6.45, 7) is 0. The highest BCUT2D eigenvalue weighted by molar-refractivity contribution is 6.34. The summed E-state index contributed by atoms with van der Waals surface area (Å²) in [7, 11) is 0. The first-order chi connectivity index (χ1) is 13.8. The number of ether oxygens (including phenoxy) is 2. The molecule has 0 radical (unpaired) electrons. The van der Waals surface area contributed by atoms with Crippen LogP contribution in [0.1, 0.15) is 11.1 Å². The second-order valence-corrected chi connectivity index (χ2v) is 7.20. The van der Waals surface area contributed by atoms with E-state index < -0.39 is 11.4 Å². The Morgan fingerprint density at radius 3 is 1.72 bits per heavy atom. The highest BCUT2D eigenvalue weighted by Gasteiger charge is 2.23. The molecule has 0 aromatic heterocycles. The van der Waals surface area contributed by atoms with Crippen LogP contribution >= 0.6 is 46.4 Å². The number of nitriles is 2. The third-order valence-corrected chi connectivity index (χ3v) is 4.73. The zero-order valence-corrected chi connectivity index (χ0v) is 17.2. The van der Waals surface area contributed by atoms with E-state index in [4.69, 9.17) is 55.9 Å². The summed E-state index contributed by atoms with van der Waals surface area (Å²) in [5.74, 6) is -1.24. The van der Waals surface area contributed by atoms with Gasteiger partial charge in [-0.2, -0.15) is 10.5 Å². The Bertz CT molecular complexity index is 1200. The van der Waals surface area contributed by atoms with Crippen LogP contribution in [0, 0.1) is 28.5 Å². The average molecular weight is 468 g/mol. The molecule has 0 saturated heterocycles. The Morgan fingerprint density at radius 2 is 1.21 bits per heavy atom. The van der Waals surface area contributed by atoms with Crippen LogP contribution in [-0.2, 0) is 0 Å². The van der Waals surface area contributed by atoms with Gasteiger partial charge < -0.3 is 9.47 Å². The molecule has 0 unspecified atom stereocenters. The number of halogens is 5. The monoisotopic (exact) mass is 466 g/mol. The maximum absolute atomic E-state index is 14.4. The van der Waals surface area contributed by atoms with Gasteiger partial charge in [-0.25, -0.2) is 4.39 Å². The van der Waals surface area contributed by atoms with Gasteiger partial charge in [0, 0.05) is 28.2 Å². The molecule has 0 spiro atoms. The molecule has 0 fully saturated rings. The summed E-state index contributed by atoms with van der Waals surface area (Å²) in [5.41, 5.74) is -0.887. The van der Waals surface area contributed by atoms with Crippen molar-refractivity contribution < 1.29 is 13.9 Å². The van der Waals surface area contributed by atoms with E-state index in [9.17, 15) is 14.9 Å². The molecule has 0 N–H and O–H groups in total. The summed E-state index contributed by atoms with van der Waals surface area (Å²) < 4.78 is 25.8. The van der Waals surface area contributed by atoms with Gasteiger partial charge in [0.25, 0.3) is 0 Å². The zero-order chi connectivity index (χ0) is 21.1. The van der Waals surface area contributed by atoms with Crippen LogP contribution in [0.25, 0.3) is 0 Å². The van der Waals surface area contributed by atoms with Crippen molar-refractivity contribution in [2.24, 2.45) is 0 Å².